The highest BCUT2D eigenvalue weighted by Crippen LogP contribution is 2.27. The zero-order valence-electron chi connectivity index (χ0n) is 12.3. The largest absolute Gasteiger partial charge is 0.507 e. The average Bonchev–Trinajstić information content (AvgIpc) is 2.38. The third-order valence-corrected chi connectivity index (χ3v) is 3.26. The third-order valence-electron chi connectivity index (χ3n) is 3.26. The van der Waals surface area contributed by atoms with Crippen molar-refractivity contribution in [3.63, 3.8) is 0 Å². The van der Waals surface area contributed by atoms with Crippen molar-refractivity contribution in [2.45, 2.75) is 13.5 Å². The molecule has 122 valence electrons. The van der Waals surface area contributed by atoms with E-state index in [1.54, 1.807) is 13.0 Å². The van der Waals surface area contributed by atoms with Crippen LogP contribution in [0.5, 0.6) is 5.75 Å². The van der Waals surface area contributed by atoms with Crippen LogP contribution in [0, 0.1) is 6.92 Å². The van der Waals surface area contributed by atoms with Crippen LogP contribution in [0.25, 0.3) is 11.0 Å². The van der Waals surface area contributed by atoms with Gasteiger partial charge < -0.3 is 19.7 Å². The fraction of sp³-hybridized carbons (Fsp3) is 0.267. The Morgan fingerprint density at radius 1 is 1.13 bits per heavy atom. The van der Waals surface area contributed by atoms with Crippen molar-refractivity contribution in [2.24, 2.45) is 0 Å². The maximum absolute atomic E-state index is 11.3. The Morgan fingerprint density at radius 3 is 2.30 bits per heavy atom. The molecule has 0 saturated heterocycles. The summed E-state index contributed by atoms with van der Waals surface area (Å²) >= 11 is 0. The van der Waals surface area contributed by atoms with Crippen molar-refractivity contribution in [2.75, 3.05) is 13.1 Å². The molecule has 0 unspecified atom stereocenters. The van der Waals surface area contributed by atoms with Crippen molar-refractivity contribution in [1.29, 1.82) is 0 Å². The second kappa shape index (κ2) is 6.49. The summed E-state index contributed by atoms with van der Waals surface area (Å²) in [5.41, 5.74) is 0.650. The number of aromatic hydroxyl groups is 1. The van der Waals surface area contributed by atoms with Crippen LogP contribution >= 0.6 is 0 Å². The molecule has 8 heteroatoms. The molecule has 0 spiro atoms. The highest BCUT2D eigenvalue weighted by molar-refractivity contribution is 5.82. The first-order valence-corrected chi connectivity index (χ1v) is 6.68. The lowest BCUT2D eigenvalue weighted by Gasteiger charge is -2.19. The zero-order chi connectivity index (χ0) is 17.1. The molecule has 8 nitrogen and oxygen atoms in total. The van der Waals surface area contributed by atoms with Gasteiger partial charge in [-0.15, -0.1) is 0 Å². The molecule has 0 bridgehead atoms. The number of aliphatic carboxylic acids is 2. The first-order valence-electron chi connectivity index (χ1n) is 6.68. The molecule has 23 heavy (non-hydrogen) atoms. The van der Waals surface area contributed by atoms with E-state index in [0.717, 1.165) is 0 Å². The lowest BCUT2D eigenvalue weighted by atomic mass is 10.1. The Kier molecular flexibility index (Phi) is 4.65. The molecule has 0 aliphatic carbocycles. The summed E-state index contributed by atoms with van der Waals surface area (Å²) in [4.78, 5) is 34.1. The van der Waals surface area contributed by atoms with Crippen LogP contribution in [0.1, 0.15) is 11.1 Å². The minimum atomic E-state index is -1.17. The van der Waals surface area contributed by atoms with Crippen molar-refractivity contribution in [3.05, 3.63) is 39.7 Å². The second-order valence-corrected chi connectivity index (χ2v) is 5.16. The van der Waals surface area contributed by atoms with Gasteiger partial charge in [0.25, 0.3) is 0 Å². The topological polar surface area (TPSA) is 128 Å². The van der Waals surface area contributed by atoms with Gasteiger partial charge in [-0.25, -0.2) is 4.79 Å². The molecule has 2 aromatic rings. The van der Waals surface area contributed by atoms with E-state index >= 15 is 0 Å². The number of hydrogen-bond donors (Lipinski definition) is 3. The van der Waals surface area contributed by atoms with Crippen molar-refractivity contribution < 1.29 is 29.3 Å². The maximum atomic E-state index is 11.3. The predicted octanol–water partition coefficient (Wildman–Crippen LogP) is 0.778. The van der Waals surface area contributed by atoms with E-state index in [1.807, 2.05) is 0 Å². The molecule has 0 aliphatic rings. The van der Waals surface area contributed by atoms with Gasteiger partial charge in [-0.3, -0.25) is 14.5 Å². The van der Waals surface area contributed by atoms with E-state index in [2.05, 4.69) is 0 Å². The Labute approximate surface area is 130 Å². The number of aryl methyl sites for hydroxylation is 1. The summed E-state index contributed by atoms with van der Waals surface area (Å²) in [6, 6.07) is 4.12. The molecule has 0 radical (unpaired) electrons. The monoisotopic (exact) mass is 321 g/mol. The Hall–Kier alpha value is -2.87. The van der Waals surface area contributed by atoms with Crippen LogP contribution in [-0.2, 0) is 16.1 Å². The van der Waals surface area contributed by atoms with E-state index in [9.17, 15) is 19.5 Å². The number of nitrogens with zero attached hydrogens (tertiary/aromatic N) is 1. The summed E-state index contributed by atoms with van der Waals surface area (Å²) in [5.74, 6) is -2.55. The Balaban J connectivity index is 2.41. The number of hydrogen-bond acceptors (Lipinski definition) is 6. The van der Waals surface area contributed by atoms with Crippen LogP contribution in [0.3, 0.4) is 0 Å². The molecule has 0 atom stereocenters. The molecule has 1 heterocycles. The molecule has 0 fully saturated rings. The van der Waals surface area contributed by atoms with E-state index < -0.39 is 30.7 Å². The van der Waals surface area contributed by atoms with Crippen molar-refractivity contribution in [1.82, 2.24) is 4.90 Å². The summed E-state index contributed by atoms with van der Waals surface area (Å²) < 4.78 is 5.00. The zero-order valence-corrected chi connectivity index (χ0v) is 12.3. The van der Waals surface area contributed by atoms with Gasteiger partial charge in [-0.1, -0.05) is 0 Å². The normalized spacial score (nSPS) is 11.0. The highest BCUT2D eigenvalue weighted by Gasteiger charge is 2.17. The third kappa shape index (κ3) is 4.07. The van der Waals surface area contributed by atoms with E-state index in [4.69, 9.17) is 14.6 Å². The summed E-state index contributed by atoms with van der Waals surface area (Å²) in [7, 11) is 0. The smallest absolute Gasteiger partial charge is 0.336 e. The first kappa shape index (κ1) is 16.5. The number of phenols is 1. The molecule has 1 aromatic carbocycles. The number of fused-ring (bicyclic) bond motifs is 1. The van der Waals surface area contributed by atoms with Gasteiger partial charge in [0.15, 0.2) is 0 Å². The van der Waals surface area contributed by atoms with E-state index in [0.29, 0.717) is 16.5 Å². The molecular formula is C15H15NO7. The molecule has 0 amide bonds. The number of carboxylic acids is 2. The Bertz CT molecular complexity index is 808. The molecule has 3 N–H and O–H groups in total. The first-order chi connectivity index (χ1) is 10.8. The van der Waals surface area contributed by atoms with Crippen LogP contribution in [0.4, 0.5) is 0 Å². The van der Waals surface area contributed by atoms with Gasteiger partial charge in [0.1, 0.15) is 11.3 Å². The minimum Gasteiger partial charge on any atom is -0.507 e. The quantitative estimate of drug-likeness (QED) is 0.666. The van der Waals surface area contributed by atoms with Crippen LogP contribution < -0.4 is 5.63 Å². The number of benzene rings is 1. The molecule has 0 saturated carbocycles. The van der Waals surface area contributed by atoms with Gasteiger partial charge in [0.05, 0.1) is 13.1 Å². The summed E-state index contributed by atoms with van der Waals surface area (Å²) in [5, 5.41) is 28.3. The van der Waals surface area contributed by atoms with Gasteiger partial charge in [0, 0.05) is 29.6 Å². The number of carboxylic acid groups (broad SMARTS) is 2. The van der Waals surface area contributed by atoms with Crippen molar-refractivity contribution in [3.8, 4) is 5.75 Å². The second-order valence-electron chi connectivity index (χ2n) is 5.16. The van der Waals surface area contributed by atoms with Crippen molar-refractivity contribution >= 4 is 22.9 Å². The summed E-state index contributed by atoms with van der Waals surface area (Å²) in [6.45, 7) is 0.671. The standard InChI is InChI=1S/C15H15NO7/c1-8-2-15(22)23-12-4-11(17)9(3-10(8)12)5-16(6-13(18)19)7-14(20)21/h2-4,17H,5-7H2,1H3,(H,18,19)(H,20,21). The highest BCUT2D eigenvalue weighted by atomic mass is 16.4. The lowest BCUT2D eigenvalue weighted by Crippen LogP contribution is -2.34. The van der Waals surface area contributed by atoms with Crippen LogP contribution in [-0.4, -0.2) is 45.2 Å². The van der Waals surface area contributed by atoms with Gasteiger partial charge in [-0.2, -0.15) is 0 Å². The molecule has 0 aliphatic heterocycles. The number of rotatable bonds is 6. The lowest BCUT2D eigenvalue weighted by molar-refractivity contribution is -0.142. The van der Waals surface area contributed by atoms with Gasteiger partial charge in [0.2, 0.25) is 0 Å². The van der Waals surface area contributed by atoms with Gasteiger partial charge in [-0.05, 0) is 18.6 Å². The molecule has 1 aromatic heterocycles. The van der Waals surface area contributed by atoms with Crippen LogP contribution in [0.15, 0.2) is 27.4 Å². The van der Waals surface area contributed by atoms with Gasteiger partial charge >= 0.3 is 17.6 Å². The SMILES string of the molecule is Cc1cc(=O)oc2cc(O)c(CN(CC(=O)O)CC(=O)O)cc12. The molecule has 2 rings (SSSR count). The minimum absolute atomic E-state index is 0.0705. The van der Waals surface area contributed by atoms with Crippen LogP contribution in [0.2, 0.25) is 0 Å². The predicted molar refractivity (Wildman–Crippen MR) is 79.4 cm³/mol. The number of phenolic OH excluding ortho intramolecular Hbond substituents is 1. The maximum Gasteiger partial charge on any atom is 0.336 e. The van der Waals surface area contributed by atoms with E-state index in [-0.39, 0.29) is 17.9 Å². The fourth-order valence-corrected chi connectivity index (χ4v) is 2.32. The Morgan fingerprint density at radius 2 is 1.74 bits per heavy atom. The average molecular weight is 321 g/mol. The fourth-order valence-electron chi connectivity index (χ4n) is 2.32. The summed E-state index contributed by atoms with van der Waals surface area (Å²) in [6.07, 6.45) is 0. The van der Waals surface area contributed by atoms with E-state index in [1.165, 1.54) is 17.0 Å². The molecular weight excluding hydrogens is 306 g/mol. The number of carbonyl (C=O) groups is 2.